The molecule has 1 nitrogen and oxygen atoms in total. The van der Waals surface area contributed by atoms with Crippen LogP contribution in [-0.4, -0.2) is 6.18 Å². The molecule has 4 heteroatoms. The average molecular weight is 223 g/mol. The van der Waals surface area contributed by atoms with E-state index in [2.05, 4.69) is 5.32 Å². The van der Waals surface area contributed by atoms with Gasteiger partial charge in [0, 0.05) is 11.1 Å². The summed E-state index contributed by atoms with van der Waals surface area (Å²) >= 11 is 0. The van der Waals surface area contributed by atoms with Crippen LogP contribution in [0.15, 0.2) is 36.4 Å². The van der Waals surface area contributed by atoms with Crippen LogP contribution >= 0.6 is 0 Å². The predicted octanol–water partition coefficient (Wildman–Crippen LogP) is 3.87. The second-order valence-electron chi connectivity index (χ2n) is 3.87. The van der Waals surface area contributed by atoms with Crippen molar-refractivity contribution in [2.75, 3.05) is 5.32 Å². The molecule has 0 saturated carbocycles. The summed E-state index contributed by atoms with van der Waals surface area (Å²) in [5.74, 6) is 0. The fourth-order valence-corrected chi connectivity index (χ4v) is 2.22. The zero-order valence-electron chi connectivity index (χ0n) is 8.18. The van der Waals surface area contributed by atoms with Crippen LogP contribution in [-0.2, 0) is 0 Å². The van der Waals surface area contributed by atoms with Gasteiger partial charge in [0.25, 0.3) is 0 Å². The Labute approximate surface area is 89.9 Å². The van der Waals surface area contributed by atoms with Crippen molar-refractivity contribution >= 4 is 16.5 Å². The first kappa shape index (κ1) is 9.51. The highest BCUT2D eigenvalue weighted by molar-refractivity contribution is 6.00. The van der Waals surface area contributed by atoms with Crippen LogP contribution in [0.3, 0.4) is 0 Å². The number of nitrogens with one attached hydrogen (secondary N) is 1. The summed E-state index contributed by atoms with van der Waals surface area (Å²) in [6.07, 6.45) is -4.26. The lowest BCUT2D eigenvalue weighted by atomic mass is 10.0. The van der Waals surface area contributed by atoms with Gasteiger partial charge >= 0.3 is 6.18 Å². The largest absolute Gasteiger partial charge is 0.412 e. The summed E-state index contributed by atoms with van der Waals surface area (Å²) in [6.45, 7) is 0. The van der Waals surface area contributed by atoms with Gasteiger partial charge < -0.3 is 5.32 Å². The summed E-state index contributed by atoms with van der Waals surface area (Å²) in [4.78, 5) is 0. The second-order valence-corrected chi connectivity index (χ2v) is 3.87. The molecule has 1 heterocycles. The molecular formula is C12H8F3N. The highest BCUT2D eigenvalue weighted by Crippen LogP contribution is 2.45. The lowest BCUT2D eigenvalue weighted by Gasteiger charge is -2.16. The molecule has 1 atom stereocenters. The summed E-state index contributed by atoms with van der Waals surface area (Å²) in [7, 11) is 0. The van der Waals surface area contributed by atoms with E-state index in [1.807, 2.05) is 12.1 Å². The standard InChI is InChI=1S/C12H8F3N/c13-12(14,15)11-8-5-1-3-7-4-2-6-9(16-11)10(7)8/h1-6,11,16H/t11-/m0/s1. The molecule has 16 heavy (non-hydrogen) atoms. The molecule has 0 fully saturated rings. The van der Waals surface area contributed by atoms with Gasteiger partial charge in [-0.05, 0) is 17.0 Å². The summed E-state index contributed by atoms with van der Waals surface area (Å²) in [5.41, 5.74) is 0.885. The molecule has 0 amide bonds. The van der Waals surface area contributed by atoms with Crippen LogP contribution in [0.4, 0.5) is 18.9 Å². The molecule has 82 valence electrons. The lowest BCUT2D eigenvalue weighted by Crippen LogP contribution is -2.24. The molecular weight excluding hydrogens is 215 g/mol. The van der Waals surface area contributed by atoms with E-state index in [1.54, 1.807) is 18.2 Å². The van der Waals surface area contributed by atoms with E-state index < -0.39 is 12.2 Å². The Morgan fingerprint density at radius 2 is 1.69 bits per heavy atom. The predicted molar refractivity (Wildman–Crippen MR) is 56.4 cm³/mol. The van der Waals surface area contributed by atoms with Crippen molar-refractivity contribution < 1.29 is 13.2 Å². The van der Waals surface area contributed by atoms with Gasteiger partial charge in [0.2, 0.25) is 0 Å². The zero-order chi connectivity index (χ0) is 11.3. The highest BCUT2D eigenvalue weighted by Gasteiger charge is 2.44. The molecule has 0 spiro atoms. The van der Waals surface area contributed by atoms with Crippen LogP contribution in [0.25, 0.3) is 10.8 Å². The number of benzene rings is 2. The monoisotopic (exact) mass is 223 g/mol. The first-order valence-electron chi connectivity index (χ1n) is 4.92. The van der Waals surface area contributed by atoms with E-state index in [-0.39, 0.29) is 0 Å². The number of hydrogen-bond acceptors (Lipinski definition) is 1. The molecule has 1 N–H and O–H groups in total. The minimum absolute atomic E-state index is 0.320. The number of halogens is 3. The van der Waals surface area contributed by atoms with Crippen molar-refractivity contribution in [2.24, 2.45) is 0 Å². The Balaban J connectivity index is 2.29. The molecule has 0 bridgehead atoms. The normalized spacial score (nSPS) is 18.8. The molecule has 1 aliphatic rings. The molecule has 1 aliphatic heterocycles. The quantitative estimate of drug-likeness (QED) is 0.714. The fourth-order valence-electron chi connectivity index (χ4n) is 2.22. The van der Waals surface area contributed by atoms with Gasteiger partial charge in [0.15, 0.2) is 0 Å². The number of rotatable bonds is 0. The van der Waals surface area contributed by atoms with E-state index in [4.69, 9.17) is 0 Å². The number of hydrogen-bond donors (Lipinski definition) is 1. The minimum Gasteiger partial charge on any atom is -0.370 e. The van der Waals surface area contributed by atoms with E-state index in [0.29, 0.717) is 16.6 Å². The Bertz CT molecular complexity index is 554. The molecule has 0 aromatic heterocycles. The topological polar surface area (TPSA) is 12.0 Å². The molecule has 0 unspecified atom stereocenters. The average Bonchev–Trinajstić information content (AvgIpc) is 2.60. The number of alkyl halides is 3. The Kier molecular flexibility index (Phi) is 1.73. The smallest absolute Gasteiger partial charge is 0.370 e. The third-order valence-electron chi connectivity index (χ3n) is 2.88. The molecule has 0 radical (unpaired) electrons. The van der Waals surface area contributed by atoms with E-state index in [9.17, 15) is 13.2 Å². The number of anilines is 1. The second kappa shape index (κ2) is 2.90. The molecule has 2 aromatic rings. The molecule has 0 saturated heterocycles. The van der Waals surface area contributed by atoms with Gasteiger partial charge in [0.1, 0.15) is 6.04 Å². The Hall–Kier alpha value is -1.71. The molecule has 3 rings (SSSR count). The lowest BCUT2D eigenvalue weighted by molar-refractivity contribution is -0.143. The third kappa shape index (κ3) is 1.19. The van der Waals surface area contributed by atoms with Gasteiger partial charge in [0.05, 0.1) is 0 Å². The van der Waals surface area contributed by atoms with Crippen molar-refractivity contribution in [3.63, 3.8) is 0 Å². The fraction of sp³-hybridized carbons (Fsp3) is 0.167. The van der Waals surface area contributed by atoms with Crippen molar-refractivity contribution in [1.29, 1.82) is 0 Å². The van der Waals surface area contributed by atoms with E-state index >= 15 is 0 Å². The maximum atomic E-state index is 12.8. The van der Waals surface area contributed by atoms with Crippen LogP contribution < -0.4 is 5.32 Å². The van der Waals surface area contributed by atoms with Gasteiger partial charge in [-0.25, -0.2) is 0 Å². The molecule has 0 aliphatic carbocycles. The third-order valence-corrected chi connectivity index (χ3v) is 2.88. The van der Waals surface area contributed by atoms with Gasteiger partial charge in [-0.3, -0.25) is 0 Å². The first-order valence-corrected chi connectivity index (χ1v) is 4.92. The van der Waals surface area contributed by atoms with E-state index in [1.165, 1.54) is 6.07 Å². The summed E-state index contributed by atoms with van der Waals surface area (Å²) in [6, 6.07) is 8.70. The van der Waals surface area contributed by atoms with Gasteiger partial charge in [-0.1, -0.05) is 30.3 Å². The first-order chi connectivity index (χ1) is 7.57. The minimum atomic E-state index is -4.26. The van der Waals surface area contributed by atoms with Crippen molar-refractivity contribution in [3.05, 3.63) is 42.0 Å². The van der Waals surface area contributed by atoms with Crippen molar-refractivity contribution in [3.8, 4) is 0 Å². The highest BCUT2D eigenvalue weighted by atomic mass is 19.4. The van der Waals surface area contributed by atoms with Crippen LogP contribution in [0, 0.1) is 0 Å². The van der Waals surface area contributed by atoms with E-state index in [0.717, 1.165) is 5.39 Å². The summed E-state index contributed by atoms with van der Waals surface area (Å²) in [5, 5.41) is 4.05. The Morgan fingerprint density at radius 1 is 1.00 bits per heavy atom. The van der Waals surface area contributed by atoms with Gasteiger partial charge in [-0.2, -0.15) is 13.2 Å². The zero-order valence-corrected chi connectivity index (χ0v) is 8.18. The maximum Gasteiger partial charge on any atom is 0.412 e. The van der Waals surface area contributed by atoms with Crippen molar-refractivity contribution in [1.82, 2.24) is 0 Å². The SMILES string of the molecule is FC(F)(F)[C@H]1Nc2cccc3cccc1c23. The van der Waals surface area contributed by atoms with Crippen LogP contribution in [0.5, 0.6) is 0 Å². The van der Waals surface area contributed by atoms with Gasteiger partial charge in [-0.15, -0.1) is 0 Å². The molecule has 2 aromatic carbocycles. The maximum absolute atomic E-state index is 12.8. The Morgan fingerprint density at radius 3 is 2.38 bits per heavy atom. The van der Waals surface area contributed by atoms with Crippen molar-refractivity contribution in [2.45, 2.75) is 12.2 Å². The van der Waals surface area contributed by atoms with Crippen LogP contribution in [0.1, 0.15) is 11.6 Å². The van der Waals surface area contributed by atoms with Crippen LogP contribution in [0.2, 0.25) is 0 Å². The summed E-state index contributed by atoms with van der Waals surface area (Å²) < 4.78 is 38.4.